The second kappa shape index (κ2) is 8.71. The number of esters is 1. The number of ketones is 1. The largest absolute Gasteiger partial charge is 0.462 e. The van der Waals surface area contributed by atoms with E-state index in [-0.39, 0.29) is 30.4 Å². The van der Waals surface area contributed by atoms with Crippen molar-refractivity contribution in [2.75, 3.05) is 26.3 Å². The van der Waals surface area contributed by atoms with E-state index >= 15 is 0 Å². The summed E-state index contributed by atoms with van der Waals surface area (Å²) in [6, 6.07) is 3.72. The van der Waals surface area contributed by atoms with Gasteiger partial charge in [-0.3, -0.25) is 4.79 Å². The van der Waals surface area contributed by atoms with Gasteiger partial charge in [-0.1, -0.05) is 6.92 Å². The molecular weight excluding hydrogens is 386 g/mol. The highest BCUT2D eigenvalue weighted by atomic mass is 16.5. The van der Waals surface area contributed by atoms with E-state index in [4.69, 9.17) is 14.6 Å². The van der Waals surface area contributed by atoms with Gasteiger partial charge in [0.1, 0.15) is 5.65 Å². The van der Waals surface area contributed by atoms with Crippen LogP contribution < -0.4 is 0 Å². The Balaban J connectivity index is 1.64. The number of aliphatic hydroxyl groups is 1. The first kappa shape index (κ1) is 20.2. The van der Waals surface area contributed by atoms with Crippen LogP contribution in [0.1, 0.15) is 31.7 Å². The number of likely N-dealkylation sites (tertiary alicyclic amines) is 1. The number of allylic oxidation sites excluding steroid dienone is 1. The van der Waals surface area contributed by atoms with Gasteiger partial charge in [0.2, 0.25) is 11.7 Å². The van der Waals surface area contributed by atoms with Crippen LogP contribution in [0.3, 0.4) is 0 Å². The maximum Gasteiger partial charge on any atom is 0.347 e. The number of ether oxygens (including phenoxy) is 2. The number of rotatable bonds is 6. The molecule has 0 aromatic carbocycles. The normalized spacial score (nSPS) is 19.1. The summed E-state index contributed by atoms with van der Waals surface area (Å²) in [5.41, 5.74) is 1.38. The minimum absolute atomic E-state index is 0.0452. The molecule has 0 saturated carbocycles. The second-order valence-corrected chi connectivity index (χ2v) is 7.65. The molecule has 8 heteroatoms. The Morgan fingerprint density at radius 3 is 3.00 bits per heavy atom. The molecule has 0 spiro atoms. The monoisotopic (exact) mass is 411 g/mol. The number of carbonyl (C=O) groups excluding carboxylic acids is 2. The summed E-state index contributed by atoms with van der Waals surface area (Å²) in [6.45, 7) is 3.56. The van der Waals surface area contributed by atoms with Crippen LogP contribution in [0.5, 0.6) is 0 Å². The van der Waals surface area contributed by atoms with Crippen molar-refractivity contribution in [3.8, 4) is 0 Å². The molecular formula is C22H25N3O5. The number of nitrogens with zero attached hydrogens (tertiary/aromatic N) is 2. The fourth-order valence-corrected chi connectivity index (χ4v) is 3.67. The molecule has 2 N–H and O–H groups in total. The van der Waals surface area contributed by atoms with Crippen molar-refractivity contribution >= 4 is 28.9 Å². The van der Waals surface area contributed by atoms with Crippen LogP contribution in [0, 0.1) is 5.92 Å². The third-order valence-electron chi connectivity index (χ3n) is 5.45. The SMILES string of the molecule is CC1CCN(C2=C(C(=O)OCCCO)C(=O)C(=Cc3c[nH]c4ncccc34)O2)CC1. The maximum absolute atomic E-state index is 13.1. The molecule has 2 aromatic heterocycles. The Labute approximate surface area is 174 Å². The van der Waals surface area contributed by atoms with E-state index < -0.39 is 11.8 Å². The molecule has 4 rings (SSSR count). The molecule has 0 aliphatic carbocycles. The Morgan fingerprint density at radius 2 is 2.23 bits per heavy atom. The molecule has 1 saturated heterocycles. The highest BCUT2D eigenvalue weighted by Crippen LogP contribution is 2.33. The first-order chi connectivity index (χ1) is 14.6. The molecule has 0 bridgehead atoms. The summed E-state index contributed by atoms with van der Waals surface area (Å²) < 4.78 is 11.1. The van der Waals surface area contributed by atoms with Crippen LogP contribution >= 0.6 is 0 Å². The minimum Gasteiger partial charge on any atom is -0.462 e. The molecule has 1 fully saturated rings. The third-order valence-corrected chi connectivity index (χ3v) is 5.45. The first-order valence-corrected chi connectivity index (χ1v) is 10.2. The number of pyridine rings is 1. The molecule has 0 radical (unpaired) electrons. The minimum atomic E-state index is -0.717. The third kappa shape index (κ3) is 3.95. The number of nitrogens with one attached hydrogen (secondary N) is 1. The predicted molar refractivity (Wildman–Crippen MR) is 110 cm³/mol. The second-order valence-electron chi connectivity index (χ2n) is 7.65. The Kier molecular flexibility index (Phi) is 5.85. The average molecular weight is 411 g/mol. The highest BCUT2D eigenvalue weighted by Gasteiger charge is 2.40. The summed E-state index contributed by atoms with van der Waals surface area (Å²) in [6.07, 6.45) is 7.30. The lowest BCUT2D eigenvalue weighted by Crippen LogP contribution is -2.33. The van der Waals surface area contributed by atoms with Gasteiger partial charge in [0.25, 0.3) is 0 Å². The van der Waals surface area contributed by atoms with Crippen LogP contribution in [0.15, 0.2) is 41.7 Å². The van der Waals surface area contributed by atoms with E-state index in [0.29, 0.717) is 31.1 Å². The van der Waals surface area contributed by atoms with Crippen LogP contribution in [-0.4, -0.2) is 58.0 Å². The van der Waals surface area contributed by atoms with E-state index in [2.05, 4.69) is 16.9 Å². The Hall–Kier alpha value is -3.13. The van der Waals surface area contributed by atoms with E-state index in [9.17, 15) is 9.59 Å². The van der Waals surface area contributed by atoms with Gasteiger partial charge in [-0.15, -0.1) is 0 Å². The van der Waals surface area contributed by atoms with E-state index in [0.717, 1.165) is 23.8 Å². The zero-order valence-corrected chi connectivity index (χ0v) is 16.9. The number of hydrogen-bond acceptors (Lipinski definition) is 7. The van der Waals surface area contributed by atoms with Crippen molar-refractivity contribution in [3.05, 3.63) is 47.3 Å². The topological polar surface area (TPSA) is 105 Å². The molecule has 8 nitrogen and oxygen atoms in total. The van der Waals surface area contributed by atoms with Crippen LogP contribution in [-0.2, 0) is 19.1 Å². The van der Waals surface area contributed by atoms with E-state index in [1.54, 1.807) is 18.5 Å². The quantitative estimate of drug-likeness (QED) is 0.325. The molecule has 2 aliphatic heterocycles. The number of piperidine rings is 1. The van der Waals surface area contributed by atoms with Gasteiger partial charge >= 0.3 is 5.97 Å². The fourth-order valence-electron chi connectivity index (χ4n) is 3.67. The standard InChI is InChI=1S/C22H25N3O5/c1-14-5-8-25(9-6-14)21-18(22(28)29-11-3-10-26)19(27)17(30-21)12-15-13-24-20-16(15)4-2-7-23-20/h2,4,7,12-14,26H,3,5-6,8-11H2,1H3,(H,23,24). The number of carbonyl (C=O) groups is 2. The summed E-state index contributed by atoms with van der Waals surface area (Å²) in [4.78, 5) is 35.0. The smallest absolute Gasteiger partial charge is 0.347 e. The predicted octanol–water partition coefficient (Wildman–Crippen LogP) is 2.37. The van der Waals surface area contributed by atoms with Crippen LogP contribution in [0.25, 0.3) is 17.1 Å². The molecule has 0 atom stereocenters. The number of aromatic nitrogens is 2. The molecule has 0 amide bonds. The summed E-state index contributed by atoms with van der Waals surface area (Å²) in [5.74, 6) is -0.262. The number of aliphatic hydroxyl groups excluding tert-OH is 1. The Bertz CT molecular complexity index is 1010. The lowest BCUT2D eigenvalue weighted by atomic mass is 9.99. The Morgan fingerprint density at radius 1 is 1.43 bits per heavy atom. The van der Waals surface area contributed by atoms with Crippen molar-refractivity contribution in [2.24, 2.45) is 5.92 Å². The van der Waals surface area contributed by atoms with Crippen molar-refractivity contribution < 1.29 is 24.2 Å². The fraction of sp³-hybridized carbons (Fsp3) is 0.409. The maximum atomic E-state index is 13.1. The number of hydrogen-bond donors (Lipinski definition) is 2. The van der Waals surface area contributed by atoms with Gasteiger partial charge in [0.15, 0.2) is 11.3 Å². The molecule has 2 aromatic rings. The van der Waals surface area contributed by atoms with Crippen molar-refractivity contribution in [2.45, 2.75) is 26.2 Å². The zero-order chi connectivity index (χ0) is 21.1. The molecule has 30 heavy (non-hydrogen) atoms. The number of fused-ring (bicyclic) bond motifs is 1. The summed E-state index contributed by atoms with van der Waals surface area (Å²) in [5, 5.41) is 9.78. The number of H-pyrrole nitrogens is 1. The first-order valence-electron chi connectivity index (χ1n) is 10.2. The van der Waals surface area contributed by atoms with Crippen molar-refractivity contribution in [1.82, 2.24) is 14.9 Å². The lowest BCUT2D eigenvalue weighted by Gasteiger charge is -2.32. The van der Waals surface area contributed by atoms with Crippen LogP contribution in [0.4, 0.5) is 0 Å². The molecule has 0 unspecified atom stereocenters. The summed E-state index contributed by atoms with van der Waals surface area (Å²) >= 11 is 0. The summed E-state index contributed by atoms with van der Waals surface area (Å²) in [7, 11) is 0. The van der Waals surface area contributed by atoms with Crippen molar-refractivity contribution in [3.63, 3.8) is 0 Å². The van der Waals surface area contributed by atoms with E-state index in [1.165, 1.54) is 0 Å². The number of aromatic amines is 1. The lowest BCUT2D eigenvalue weighted by molar-refractivity contribution is -0.140. The number of Topliss-reactive ketones (excluding diaryl/α,β-unsaturated/α-hetero) is 1. The molecule has 2 aliphatic rings. The van der Waals surface area contributed by atoms with E-state index in [1.807, 2.05) is 17.0 Å². The van der Waals surface area contributed by atoms with Crippen LogP contribution in [0.2, 0.25) is 0 Å². The van der Waals surface area contributed by atoms with Gasteiger partial charge < -0.3 is 24.5 Å². The zero-order valence-electron chi connectivity index (χ0n) is 16.9. The molecule has 158 valence electrons. The highest BCUT2D eigenvalue weighted by molar-refractivity contribution is 6.26. The van der Waals surface area contributed by atoms with Gasteiger partial charge in [-0.05, 0) is 37.0 Å². The van der Waals surface area contributed by atoms with Crippen molar-refractivity contribution in [1.29, 1.82) is 0 Å². The van der Waals surface area contributed by atoms with Gasteiger partial charge in [0, 0.05) is 49.5 Å². The van der Waals surface area contributed by atoms with Gasteiger partial charge in [-0.25, -0.2) is 9.78 Å². The molecule has 4 heterocycles. The average Bonchev–Trinajstić information content (AvgIpc) is 3.30. The van der Waals surface area contributed by atoms with Gasteiger partial charge in [0.05, 0.1) is 6.61 Å². The van der Waals surface area contributed by atoms with Gasteiger partial charge in [-0.2, -0.15) is 0 Å².